The van der Waals surface area contributed by atoms with Gasteiger partial charge in [-0.05, 0) is 36.6 Å². The van der Waals surface area contributed by atoms with E-state index in [0.717, 1.165) is 5.56 Å². The van der Waals surface area contributed by atoms with Gasteiger partial charge in [0.15, 0.2) is 0 Å². The van der Waals surface area contributed by atoms with Crippen molar-refractivity contribution in [3.63, 3.8) is 0 Å². The number of nitrogens with one attached hydrogen (secondary N) is 1. The van der Waals surface area contributed by atoms with Crippen molar-refractivity contribution in [2.24, 2.45) is 0 Å². The van der Waals surface area contributed by atoms with E-state index in [1.54, 1.807) is 23.1 Å². The fraction of sp³-hybridized carbons (Fsp3) is 0.500. The van der Waals surface area contributed by atoms with Gasteiger partial charge in [0.1, 0.15) is 5.69 Å². The topological polar surface area (TPSA) is 61.3 Å². The Balaban J connectivity index is 1.61. The van der Waals surface area contributed by atoms with E-state index in [1.165, 1.54) is 0 Å². The lowest BCUT2D eigenvalue weighted by atomic mass is 9.91. The predicted molar refractivity (Wildman–Crippen MR) is 98.4 cm³/mol. The van der Waals surface area contributed by atoms with E-state index in [4.69, 9.17) is 0 Å². The van der Waals surface area contributed by atoms with E-state index in [2.05, 4.69) is 15.3 Å². The van der Waals surface area contributed by atoms with Gasteiger partial charge in [0.25, 0.3) is 12.3 Å². The molecule has 29 heavy (non-hydrogen) atoms. The van der Waals surface area contributed by atoms with E-state index in [0.29, 0.717) is 48.4 Å². The average Bonchev–Trinajstić information content (AvgIpc) is 2.98. The molecule has 0 bridgehead atoms. The zero-order valence-electron chi connectivity index (χ0n) is 15.5. The van der Waals surface area contributed by atoms with Gasteiger partial charge in [-0.25, -0.2) is 18.7 Å². The van der Waals surface area contributed by atoms with Crippen molar-refractivity contribution in [1.29, 1.82) is 0 Å². The number of hydrogen-bond acceptors (Lipinski definition) is 5. The second-order valence-corrected chi connectivity index (χ2v) is 7.89. The Morgan fingerprint density at radius 2 is 1.97 bits per heavy atom. The van der Waals surface area contributed by atoms with Gasteiger partial charge in [0, 0.05) is 30.6 Å². The van der Waals surface area contributed by atoms with Gasteiger partial charge in [0.2, 0.25) is 5.95 Å². The molecule has 0 radical (unpaired) electrons. The molecule has 154 valence electrons. The average molecular weight is 408 g/mol. The highest BCUT2D eigenvalue weighted by atomic mass is 19.3. The third-order valence-corrected chi connectivity index (χ3v) is 5.94. The Hall–Kier alpha value is -2.26. The second kappa shape index (κ2) is 6.63. The summed E-state index contributed by atoms with van der Waals surface area (Å²) in [6.07, 6.45) is -2.61. The molecule has 1 unspecified atom stereocenters. The Labute approximate surface area is 164 Å². The molecule has 9 heteroatoms. The summed E-state index contributed by atoms with van der Waals surface area (Å²) in [5.41, 5.74) is 2.54. The third kappa shape index (κ3) is 3.07. The van der Waals surface area contributed by atoms with Crippen molar-refractivity contribution in [3.05, 3.63) is 40.6 Å². The maximum atomic E-state index is 14.4. The van der Waals surface area contributed by atoms with Crippen LogP contribution in [-0.2, 0) is 18.8 Å². The Morgan fingerprint density at radius 3 is 2.69 bits per heavy atom. The first-order valence-electron chi connectivity index (χ1n) is 9.70. The lowest BCUT2D eigenvalue weighted by Gasteiger charge is -2.36. The Kier molecular flexibility index (Phi) is 4.29. The third-order valence-electron chi connectivity index (χ3n) is 5.94. The Morgan fingerprint density at radius 1 is 1.17 bits per heavy atom. The summed E-state index contributed by atoms with van der Waals surface area (Å²) in [5, 5.41) is 12.4. The number of aromatic nitrogens is 2. The van der Waals surface area contributed by atoms with Crippen molar-refractivity contribution >= 4 is 5.95 Å². The quantitative estimate of drug-likeness (QED) is 0.765. The van der Waals surface area contributed by atoms with E-state index in [-0.39, 0.29) is 24.5 Å². The molecule has 0 saturated carbocycles. The zero-order valence-corrected chi connectivity index (χ0v) is 15.5. The van der Waals surface area contributed by atoms with E-state index >= 15 is 0 Å². The summed E-state index contributed by atoms with van der Waals surface area (Å²) < 4.78 is 55.5. The highest BCUT2D eigenvalue weighted by molar-refractivity contribution is 5.68. The summed E-state index contributed by atoms with van der Waals surface area (Å²) in [5.74, 6) is -2.85. The highest BCUT2D eigenvalue weighted by Gasteiger charge is 2.44. The summed E-state index contributed by atoms with van der Waals surface area (Å²) in [7, 11) is 0. The zero-order chi connectivity index (χ0) is 20.3. The molecular formula is C20H20F4N4O. The molecule has 1 saturated heterocycles. The van der Waals surface area contributed by atoms with Gasteiger partial charge in [0.05, 0.1) is 17.8 Å². The van der Waals surface area contributed by atoms with Gasteiger partial charge >= 0.3 is 0 Å². The SMILES string of the molecule is OC1CN(c2nc(-c3ccc4c(c3)CCNC4C(F)F)c3c(n2)C(F)(F)CC3)C1. The minimum atomic E-state index is -3.02. The molecule has 5 rings (SSSR count). The van der Waals surface area contributed by atoms with E-state index < -0.39 is 24.5 Å². The molecule has 0 amide bonds. The van der Waals surface area contributed by atoms with Crippen LogP contribution >= 0.6 is 0 Å². The van der Waals surface area contributed by atoms with Crippen LogP contribution in [0.1, 0.15) is 34.8 Å². The fourth-order valence-corrected chi connectivity index (χ4v) is 4.38. The smallest absolute Gasteiger partial charge is 0.290 e. The minimum Gasteiger partial charge on any atom is -0.389 e. The Bertz CT molecular complexity index is 962. The number of rotatable bonds is 3. The van der Waals surface area contributed by atoms with Crippen molar-refractivity contribution in [2.75, 3.05) is 24.5 Å². The standard InChI is InChI=1S/C20H20F4N4O/c21-18(22)16-13-2-1-11(7-10(13)4-6-25-16)15-14-3-5-20(23,24)17(14)27-19(26-15)28-8-12(29)9-28/h1-2,7,12,16,18,25,29H,3-6,8-9H2. The second-order valence-electron chi connectivity index (χ2n) is 7.89. The number of fused-ring (bicyclic) bond motifs is 2. The minimum absolute atomic E-state index is 0.166. The first-order valence-corrected chi connectivity index (χ1v) is 9.70. The van der Waals surface area contributed by atoms with Gasteiger partial charge in [-0.2, -0.15) is 8.78 Å². The molecule has 1 aliphatic carbocycles. The number of halogens is 4. The molecule has 0 spiro atoms. The molecule has 1 aromatic heterocycles. The lowest BCUT2D eigenvalue weighted by Crippen LogP contribution is -2.51. The fourth-order valence-electron chi connectivity index (χ4n) is 4.38. The van der Waals surface area contributed by atoms with Gasteiger partial charge in [-0.3, -0.25) is 0 Å². The summed E-state index contributed by atoms with van der Waals surface area (Å²) in [6.45, 7) is 1.04. The normalized spacial score (nSPS) is 23.1. The van der Waals surface area contributed by atoms with Gasteiger partial charge in [-0.1, -0.05) is 12.1 Å². The van der Waals surface area contributed by atoms with Crippen LogP contribution in [0.4, 0.5) is 23.5 Å². The van der Waals surface area contributed by atoms with Gasteiger partial charge < -0.3 is 15.3 Å². The predicted octanol–water partition coefficient (Wildman–Crippen LogP) is 2.81. The van der Waals surface area contributed by atoms with Crippen LogP contribution in [0.3, 0.4) is 0 Å². The molecule has 1 atom stereocenters. The number of benzene rings is 1. The van der Waals surface area contributed by atoms with E-state index in [1.807, 2.05) is 0 Å². The maximum Gasteiger partial charge on any atom is 0.290 e. The largest absolute Gasteiger partial charge is 0.389 e. The lowest BCUT2D eigenvalue weighted by molar-refractivity contribution is -0.00597. The van der Waals surface area contributed by atoms with Crippen LogP contribution in [-0.4, -0.2) is 47.2 Å². The summed E-state index contributed by atoms with van der Waals surface area (Å²) >= 11 is 0. The first-order chi connectivity index (χ1) is 13.8. The maximum absolute atomic E-state index is 14.4. The molecule has 3 heterocycles. The molecule has 5 nitrogen and oxygen atoms in total. The number of hydrogen-bond donors (Lipinski definition) is 2. The number of anilines is 1. The number of aliphatic hydroxyl groups excluding tert-OH is 1. The van der Waals surface area contributed by atoms with E-state index in [9.17, 15) is 22.7 Å². The monoisotopic (exact) mass is 408 g/mol. The molecule has 2 aliphatic heterocycles. The number of β-amino-alcohol motifs (C(OH)–C–C–N with tert-alkyl or cyclic N) is 1. The molecule has 2 aromatic rings. The summed E-state index contributed by atoms with van der Waals surface area (Å²) in [4.78, 5) is 10.3. The number of alkyl halides is 4. The van der Waals surface area contributed by atoms with Crippen molar-refractivity contribution in [2.45, 2.75) is 43.8 Å². The molecule has 3 aliphatic rings. The number of nitrogens with zero attached hydrogens (tertiary/aromatic N) is 3. The first kappa shape index (κ1) is 18.7. The van der Waals surface area contributed by atoms with Crippen molar-refractivity contribution in [1.82, 2.24) is 15.3 Å². The van der Waals surface area contributed by atoms with Crippen LogP contribution in [0.5, 0.6) is 0 Å². The van der Waals surface area contributed by atoms with Crippen LogP contribution in [0.2, 0.25) is 0 Å². The molecule has 1 aromatic carbocycles. The summed E-state index contributed by atoms with van der Waals surface area (Å²) in [6, 6.07) is 4.09. The van der Waals surface area contributed by atoms with Crippen LogP contribution in [0.25, 0.3) is 11.3 Å². The van der Waals surface area contributed by atoms with Crippen molar-refractivity contribution < 1.29 is 22.7 Å². The van der Waals surface area contributed by atoms with Crippen LogP contribution in [0, 0.1) is 0 Å². The van der Waals surface area contributed by atoms with Crippen LogP contribution < -0.4 is 10.2 Å². The molecule has 1 fully saturated rings. The molecule has 2 N–H and O–H groups in total. The molecular weight excluding hydrogens is 388 g/mol. The van der Waals surface area contributed by atoms with Crippen LogP contribution in [0.15, 0.2) is 18.2 Å². The van der Waals surface area contributed by atoms with Gasteiger partial charge in [-0.15, -0.1) is 0 Å². The highest BCUT2D eigenvalue weighted by Crippen LogP contribution is 2.45. The van der Waals surface area contributed by atoms with Crippen molar-refractivity contribution in [3.8, 4) is 11.3 Å². The number of aliphatic hydroxyl groups is 1.